The monoisotopic (exact) mass is 359 g/mol. The fraction of sp³-hybridized carbons (Fsp3) is 0.200. The Bertz CT molecular complexity index is 590. The fourth-order valence-electron chi connectivity index (χ4n) is 1.81. The maximum absolute atomic E-state index is 13.1. The van der Waals surface area contributed by atoms with Gasteiger partial charge in [0.05, 0.1) is 0 Å². The highest BCUT2D eigenvalue weighted by Gasteiger charge is 2.04. The van der Waals surface area contributed by atoms with Crippen LogP contribution in [0.4, 0.5) is 13.2 Å². The van der Waals surface area contributed by atoms with Crippen LogP contribution in [0.5, 0.6) is 5.75 Å². The molecule has 2 nitrogen and oxygen atoms in total. The lowest BCUT2D eigenvalue weighted by Gasteiger charge is -2.08. The van der Waals surface area contributed by atoms with E-state index in [-0.39, 0.29) is 11.6 Å². The Hall–Kier alpha value is -1.53. The zero-order chi connectivity index (χ0) is 15.2. The minimum Gasteiger partial charge on any atom is -0.435 e. The first kappa shape index (κ1) is 15.9. The van der Waals surface area contributed by atoms with E-state index in [0.29, 0.717) is 13.1 Å². The number of ether oxygens (including phenoxy) is 1. The predicted octanol–water partition coefficient (Wildman–Crippen LogP) is 4.48. The van der Waals surface area contributed by atoms with Gasteiger partial charge >= 0.3 is 6.61 Å². The van der Waals surface area contributed by atoms with Crippen molar-refractivity contribution in [3.63, 3.8) is 0 Å². The van der Waals surface area contributed by atoms with Gasteiger partial charge in [0, 0.05) is 17.6 Å². The first-order valence-electron chi connectivity index (χ1n) is 6.23. The van der Waals surface area contributed by atoms with Crippen molar-refractivity contribution < 1.29 is 17.9 Å². The van der Waals surface area contributed by atoms with Crippen molar-refractivity contribution in [3.8, 4) is 5.75 Å². The van der Waals surface area contributed by atoms with Gasteiger partial charge in [0.2, 0.25) is 0 Å². The Labute approximate surface area is 129 Å². The summed E-state index contributed by atoms with van der Waals surface area (Å²) < 4.78 is 42.2. The van der Waals surface area contributed by atoms with Crippen molar-refractivity contribution in [1.29, 1.82) is 0 Å². The summed E-state index contributed by atoms with van der Waals surface area (Å²) in [6.07, 6.45) is 0. The summed E-state index contributed by atoms with van der Waals surface area (Å²) in [6.45, 7) is -1.79. The Morgan fingerprint density at radius 2 is 1.76 bits per heavy atom. The first-order valence-corrected chi connectivity index (χ1v) is 7.02. The van der Waals surface area contributed by atoms with Gasteiger partial charge in [-0.15, -0.1) is 0 Å². The minimum absolute atomic E-state index is 0.127. The molecular weight excluding hydrogens is 347 g/mol. The van der Waals surface area contributed by atoms with Crippen molar-refractivity contribution >= 4 is 15.9 Å². The Balaban J connectivity index is 1.87. The van der Waals surface area contributed by atoms with Crippen molar-refractivity contribution in [2.45, 2.75) is 19.7 Å². The van der Waals surface area contributed by atoms with Gasteiger partial charge in [0.1, 0.15) is 11.6 Å². The molecule has 0 heterocycles. The highest BCUT2D eigenvalue weighted by molar-refractivity contribution is 9.10. The first-order chi connectivity index (χ1) is 10.0. The van der Waals surface area contributed by atoms with Crippen LogP contribution in [-0.4, -0.2) is 6.61 Å². The number of benzene rings is 2. The van der Waals surface area contributed by atoms with E-state index >= 15 is 0 Å². The smallest absolute Gasteiger partial charge is 0.387 e. The summed E-state index contributed by atoms with van der Waals surface area (Å²) >= 11 is 3.36. The molecule has 6 heteroatoms. The second kappa shape index (κ2) is 7.47. The standard InChI is InChI=1S/C15H13BrF3NO/c16-14-6-3-12(17)7-11(14)9-20-8-10-1-4-13(5-2-10)21-15(18)19/h1-7,15,20H,8-9H2. The van der Waals surface area contributed by atoms with E-state index in [1.54, 1.807) is 18.2 Å². The summed E-state index contributed by atoms with van der Waals surface area (Å²) in [4.78, 5) is 0. The van der Waals surface area contributed by atoms with E-state index in [0.717, 1.165) is 15.6 Å². The second-order valence-electron chi connectivity index (χ2n) is 4.36. The SMILES string of the molecule is Fc1ccc(Br)c(CNCc2ccc(OC(F)F)cc2)c1. The van der Waals surface area contributed by atoms with Crippen LogP contribution in [0.25, 0.3) is 0 Å². The largest absolute Gasteiger partial charge is 0.435 e. The van der Waals surface area contributed by atoms with E-state index in [9.17, 15) is 13.2 Å². The number of alkyl halides is 2. The quantitative estimate of drug-likeness (QED) is 0.820. The molecule has 0 aliphatic heterocycles. The molecule has 0 aliphatic carbocycles. The third-order valence-electron chi connectivity index (χ3n) is 2.80. The lowest BCUT2D eigenvalue weighted by atomic mass is 10.2. The molecule has 2 aromatic carbocycles. The molecule has 0 unspecified atom stereocenters. The average Bonchev–Trinajstić information content (AvgIpc) is 2.44. The van der Waals surface area contributed by atoms with Crippen LogP contribution in [-0.2, 0) is 13.1 Å². The summed E-state index contributed by atoms with van der Waals surface area (Å²) in [5.74, 6) is -0.162. The van der Waals surface area contributed by atoms with Gasteiger partial charge in [0.15, 0.2) is 0 Å². The molecule has 0 saturated carbocycles. The Morgan fingerprint density at radius 3 is 2.43 bits per heavy atom. The molecule has 0 atom stereocenters. The van der Waals surface area contributed by atoms with Crippen molar-refractivity contribution in [1.82, 2.24) is 5.32 Å². The maximum Gasteiger partial charge on any atom is 0.387 e. The van der Waals surface area contributed by atoms with Crippen molar-refractivity contribution in [3.05, 3.63) is 63.9 Å². The van der Waals surface area contributed by atoms with Crippen LogP contribution in [0.2, 0.25) is 0 Å². The lowest BCUT2D eigenvalue weighted by Crippen LogP contribution is -2.13. The fourth-order valence-corrected chi connectivity index (χ4v) is 2.20. The number of nitrogens with one attached hydrogen (secondary N) is 1. The molecule has 0 saturated heterocycles. The third kappa shape index (κ3) is 5.06. The topological polar surface area (TPSA) is 21.3 Å². The number of rotatable bonds is 6. The average molecular weight is 360 g/mol. The molecule has 112 valence electrons. The molecule has 0 aromatic heterocycles. The van der Waals surface area contributed by atoms with Gasteiger partial charge in [0.25, 0.3) is 0 Å². The molecule has 0 fully saturated rings. The van der Waals surface area contributed by atoms with Crippen LogP contribution < -0.4 is 10.1 Å². The van der Waals surface area contributed by atoms with Crippen LogP contribution in [0.15, 0.2) is 46.9 Å². The van der Waals surface area contributed by atoms with Gasteiger partial charge < -0.3 is 10.1 Å². The molecule has 21 heavy (non-hydrogen) atoms. The van der Waals surface area contributed by atoms with E-state index in [1.165, 1.54) is 24.3 Å². The molecule has 1 N–H and O–H groups in total. The second-order valence-corrected chi connectivity index (χ2v) is 5.22. The van der Waals surface area contributed by atoms with Gasteiger partial charge in [-0.3, -0.25) is 0 Å². The summed E-state index contributed by atoms with van der Waals surface area (Å²) in [7, 11) is 0. The number of hydrogen-bond acceptors (Lipinski definition) is 2. The molecule has 0 bridgehead atoms. The summed E-state index contributed by atoms with van der Waals surface area (Å²) in [5.41, 5.74) is 1.73. The molecule has 0 aliphatic rings. The van der Waals surface area contributed by atoms with Gasteiger partial charge in [-0.1, -0.05) is 28.1 Å². The van der Waals surface area contributed by atoms with E-state index in [1.807, 2.05) is 0 Å². The zero-order valence-electron chi connectivity index (χ0n) is 11.0. The van der Waals surface area contributed by atoms with Crippen LogP contribution in [0, 0.1) is 5.82 Å². The lowest BCUT2D eigenvalue weighted by molar-refractivity contribution is -0.0498. The van der Waals surface area contributed by atoms with Crippen LogP contribution in [0.1, 0.15) is 11.1 Å². The van der Waals surface area contributed by atoms with Crippen LogP contribution >= 0.6 is 15.9 Å². The number of halogens is 4. The molecule has 2 aromatic rings. The molecule has 0 amide bonds. The molecular formula is C15H13BrF3NO. The van der Waals surface area contributed by atoms with Gasteiger partial charge in [-0.2, -0.15) is 8.78 Å². The van der Waals surface area contributed by atoms with Crippen molar-refractivity contribution in [2.75, 3.05) is 0 Å². The third-order valence-corrected chi connectivity index (χ3v) is 3.57. The summed E-state index contributed by atoms with van der Waals surface area (Å²) in [6, 6.07) is 10.9. The normalized spacial score (nSPS) is 10.9. The Morgan fingerprint density at radius 1 is 1.05 bits per heavy atom. The molecule has 0 spiro atoms. The zero-order valence-corrected chi connectivity index (χ0v) is 12.5. The maximum atomic E-state index is 13.1. The van der Waals surface area contributed by atoms with Gasteiger partial charge in [-0.05, 0) is 41.5 Å². The number of hydrogen-bond donors (Lipinski definition) is 1. The predicted molar refractivity (Wildman–Crippen MR) is 77.7 cm³/mol. The highest BCUT2D eigenvalue weighted by Crippen LogP contribution is 2.18. The summed E-state index contributed by atoms with van der Waals surface area (Å²) in [5, 5.41) is 3.16. The highest BCUT2D eigenvalue weighted by atomic mass is 79.9. The van der Waals surface area contributed by atoms with E-state index in [4.69, 9.17) is 0 Å². The van der Waals surface area contributed by atoms with E-state index in [2.05, 4.69) is 26.0 Å². The molecule has 0 radical (unpaired) electrons. The Kier molecular flexibility index (Phi) is 5.64. The van der Waals surface area contributed by atoms with Crippen molar-refractivity contribution in [2.24, 2.45) is 0 Å². The van der Waals surface area contributed by atoms with E-state index < -0.39 is 6.61 Å². The molecule has 2 rings (SSSR count). The van der Waals surface area contributed by atoms with Gasteiger partial charge in [-0.25, -0.2) is 4.39 Å². The minimum atomic E-state index is -2.82. The van der Waals surface area contributed by atoms with Crippen LogP contribution in [0.3, 0.4) is 0 Å².